The van der Waals surface area contributed by atoms with E-state index in [1.165, 1.54) is 7.05 Å². The zero-order valence-corrected chi connectivity index (χ0v) is 10.0. The Balaban J connectivity index is 2.39. The standard InChI is InChI=1S/C8H9FN6O2S/c1-15-12-8(11-14-15)13-18(16,17)7-4-5(9)2-3-6(7)10/h2-4H,10H2,1H3,(H,12,13). The molecule has 1 aromatic heterocycles. The number of benzene rings is 1. The Morgan fingerprint density at radius 2 is 2.17 bits per heavy atom. The van der Waals surface area contributed by atoms with Gasteiger partial charge in [-0.05, 0) is 23.4 Å². The summed E-state index contributed by atoms with van der Waals surface area (Å²) in [4.78, 5) is 0.697. The Kier molecular flexibility index (Phi) is 2.87. The molecule has 3 N–H and O–H groups in total. The second-order valence-corrected chi connectivity index (χ2v) is 5.04. The molecule has 0 saturated carbocycles. The van der Waals surface area contributed by atoms with Crippen molar-refractivity contribution in [1.29, 1.82) is 0 Å². The zero-order valence-electron chi connectivity index (χ0n) is 9.20. The summed E-state index contributed by atoms with van der Waals surface area (Å²) in [6.45, 7) is 0. The predicted molar refractivity (Wildman–Crippen MR) is 60.4 cm³/mol. The number of nitrogens with zero attached hydrogens (tertiary/aromatic N) is 4. The van der Waals surface area contributed by atoms with Crippen LogP contribution in [-0.4, -0.2) is 28.6 Å². The van der Waals surface area contributed by atoms with E-state index in [1.54, 1.807) is 0 Å². The first kappa shape index (κ1) is 12.2. The van der Waals surface area contributed by atoms with Gasteiger partial charge >= 0.3 is 0 Å². The highest BCUT2D eigenvalue weighted by molar-refractivity contribution is 7.92. The molecule has 18 heavy (non-hydrogen) atoms. The molecule has 0 radical (unpaired) electrons. The van der Waals surface area contributed by atoms with Gasteiger partial charge in [0.05, 0.1) is 12.7 Å². The summed E-state index contributed by atoms with van der Waals surface area (Å²) in [5, 5.41) is 10.6. The minimum atomic E-state index is -4.05. The highest BCUT2D eigenvalue weighted by atomic mass is 32.2. The van der Waals surface area contributed by atoms with E-state index in [4.69, 9.17) is 5.73 Å². The third-order valence-electron chi connectivity index (χ3n) is 2.00. The maximum Gasteiger partial charge on any atom is 0.277 e. The molecule has 0 spiro atoms. The number of nitrogen functional groups attached to an aromatic ring is 1. The lowest BCUT2D eigenvalue weighted by Gasteiger charge is -2.06. The summed E-state index contributed by atoms with van der Waals surface area (Å²) in [5.74, 6) is -0.933. The van der Waals surface area contributed by atoms with Gasteiger partial charge < -0.3 is 5.73 Å². The van der Waals surface area contributed by atoms with Gasteiger partial charge in [0.1, 0.15) is 10.7 Å². The van der Waals surface area contributed by atoms with Gasteiger partial charge in [-0.15, -0.1) is 5.10 Å². The minimum absolute atomic E-state index is 0.0761. The summed E-state index contributed by atoms with van der Waals surface area (Å²) >= 11 is 0. The van der Waals surface area contributed by atoms with Crippen LogP contribution in [0.2, 0.25) is 0 Å². The lowest BCUT2D eigenvalue weighted by atomic mass is 10.3. The fourth-order valence-electron chi connectivity index (χ4n) is 1.24. The summed E-state index contributed by atoms with van der Waals surface area (Å²) in [5.41, 5.74) is 5.41. The number of aromatic nitrogens is 4. The van der Waals surface area contributed by atoms with Crippen molar-refractivity contribution < 1.29 is 12.8 Å². The number of hydrogen-bond acceptors (Lipinski definition) is 6. The molecule has 0 atom stereocenters. The van der Waals surface area contributed by atoms with Crippen LogP contribution in [0.3, 0.4) is 0 Å². The predicted octanol–water partition coefficient (Wildman–Crippen LogP) is -0.268. The highest BCUT2D eigenvalue weighted by Crippen LogP contribution is 2.20. The Bertz CT molecular complexity index is 683. The monoisotopic (exact) mass is 272 g/mol. The largest absolute Gasteiger partial charge is 0.398 e. The van der Waals surface area contributed by atoms with Gasteiger partial charge in [0, 0.05) is 0 Å². The van der Waals surface area contributed by atoms with E-state index in [1.807, 2.05) is 4.72 Å². The van der Waals surface area contributed by atoms with Crippen molar-refractivity contribution in [3.63, 3.8) is 0 Å². The first-order valence-corrected chi connectivity index (χ1v) is 6.18. The van der Waals surface area contributed by atoms with Gasteiger partial charge in [0.25, 0.3) is 16.0 Å². The van der Waals surface area contributed by atoms with Crippen molar-refractivity contribution in [2.75, 3.05) is 10.5 Å². The molecule has 1 aromatic carbocycles. The number of hydrogen-bond donors (Lipinski definition) is 2. The number of halogens is 1. The van der Waals surface area contributed by atoms with Crippen molar-refractivity contribution in [3.05, 3.63) is 24.0 Å². The van der Waals surface area contributed by atoms with Crippen LogP contribution in [0.4, 0.5) is 16.0 Å². The number of tetrazole rings is 1. The summed E-state index contributed by atoms with van der Waals surface area (Å²) < 4.78 is 38.9. The number of aryl methyl sites for hydroxylation is 1. The maximum atomic E-state index is 13.0. The molecule has 0 aliphatic heterocycles. The lowest BCUT2D eigenvalue weighted by molar-refractivity contribution is 0.595. The van der Waals surface area contributed by atoms with E-state index in [9.17, 15) is 12.8 Å². The van der Waals surface area contributed by atoms with Crippen molar-refractivity contribution >= 4 is 21.7 Å². The van der Waals surface area contributed by atoms with Crippen LogP contribution in [0.15, 0.2) is 23.1 Å². The molecule has 0 fully saturated rings. The smallest absolute Gasteiger partial charge is 0.277 e. The fraction of sp³-hybridized carbons (Fsp3) is 0.125. The number of sulfonamides is 1. The molecule has 0 unspecified atom stereocenters. The van der Waals surface area contributed by atoms with Gasteiger partial charge in [-0.2, -0.15) is 4.80 Å². The average Bonchev–Trinajstić information content (AvgIpc) is 2.66. The second-order valence-electron chi connectivity index (χ2n) is 3.39. The van der Waals surface area contributed by atoms with Crippen LogP contribution in [0.25, 0.3) is 0 Å². The lowest BCUT2D eigenvalue weighted by Crippen LogP contribution is -2.16. The van der Waals surface area contributed by atoms with Crippen molar-refractivity contribution in [2.45, 2.75) is 4.90 Å². The number of nitrogens with two attached hydrogens (primary N) is 1. The van der Waals surface area contributed by atoms with Gasteiger partial charge in [-0.3, -0.25) is 0 Å². The summed E-state index contributed by atoms with van der Waals surface area (Å²) in [7, 11) is -2.57. The second kappa shape index (κ2) is 4.22. The quantitative estimate of drug-likeness (QED) is 0.743. The molecule has 2 rings (SSSR count). The van der Waals surface area contributed by atoms with Crippen LogP contribution >= 0.6 is 0 Å². The Labute approximate surface area is 102 Å². The van der Waals surface area contributed by atoms with E-state index in [0.29, 0.717) is 0 Å². The molecule has 0 amide bonds. The van der Waals surface area contributed by atoms with Gasteiger partial charge in [0.2, 0.25) is 0 Å². The van der Waals surface area contributed by atoms with Crippen molar-refractivity contribution in [3.8, 4) is 0 Å². The molecule has 1 heterocycles. The third kappa shape index (κ3) is 2.37. The number of rotatable bonds is 3. The van der Waals surface area contributed by atoms with E-state index >= 15 is 0 Å². The van der Waals surface area contributed by atoms with E-state index < -0.39 is 15.8 Å². The summed E-state index contributed by atoms with van der Waals surface area (Å²) in [6.07, 6.45) is 0. The molecule has 10 heteroatoms. The van der Waals surface area contributed by atoms with Crippen LogP contribution in [-0.2, 0) is 17.1 Å². The molecular weight excluding hydrogens is 263 g/mol. The molecule has 2 aromatic rings. The van der Waals surface area contributed by atoms with E-state index in [-0.39, 0.29) is 16.5 Å². The van der Waals surface area contributed by atoms with E-state index in [0.717, 1.165) is 23.0 Å². The minimum Gasteiger partial charge on any atom is -0.398 e. The zero-order chi connectivity index (χ0) is 13.3. The van der Waals surface area contributed by atoms with Crippen LogP contribution in [0.1, 0.15) is 0 Å². The normalized spacial score (nSPS) is 11.4. The molecule has 0 saturated heterocycles. The number of nitrogens with one attached hydrogen (secondary N) is 1. The topological polar surface area (TPSA) is 116 Å². The van der Waals surface area contributed by atoms with Crippen molar-refractivity contribution in [2.24, 2.45) is 7.05 Å². The molecule has 0 aliphatic rings. The first-order valence-electron chi connectivity index (χ1n) is 4.70. The Morgan fingerprint density at radius 3 is 2.78 bits per heavy atom. The van der Waals surface area contributed by atoms with Gasteiger partial charge in [-0.1, -0.05) is 5.10 Å². The molecule has 0 bridgehead atoms. The molecule has 96 valence electrons. The number of anilines is 2. The van der Waals surface area contributed by atoms with E-state index in [2.05, 4.69) is 15.4 Å². The Hall–Kier alpha value is -2.23. The van der Waals surface area contributed by atoms with Gasteiger partial charge in [-0.25, -0.2) is 17.5 Å². The molecule has 0 aliphatic carbocycles. The summed E-state index contributed by atoms with van der Waals surface area (Å²) in [6, 6.07) is 3.04. The van der Waals surface area contributed by atoms with Gasteiger partial charge in [0.15, 0.2) is 0 Å². The van der Waals surface area contributed by atoms with Crippen LogP contribution in [0.5, 0.6) is 0 Å². The first-order chi connectivity index (χ1) is 8.38. The highest BCUT2D eigenvalue weighted by Gasteiger charge is 2.20. The molecular formula is C8H9FN6O2S. The third-order valence-corrected chi connectivity index (χ3v) is 3.38. The fourth-order valence-corrected chi connectivity index (χ4v) is 2.32. The Morgan fingerprint density at radius 1 is 1.44 bits per heavy atom. The van der Waals surface area contributed by atoms with Crippen LogP contribution < -0.4 is 10.5 Å². The molecule has 8 nitrogen and oxygen atoms in total. The SMILES string of the molecule is Cn1nnc(NS(=O)(=O)c2cc(F)ccc2N)n1. The van der Waals surface area contributed by atoms with Crippen molar-refractivity contribution in [1.82, 2.24) is 20.2 Å². The average molecular weight is 272 g/mol. The van der Waals surface area contributed by atoms with Crippen LogP contribution in [0, 0.1) is 5.82 Å². The maximum absolute atomic E-state index is 13.0.